The number of ether oxygens (including phenoxy) is 1. The molecule has 19 heavy (non-hydrogen) atoms. The average molecular weight is 264 g/mol. The zero-order chi connectivity index (χ0) is 13.1. The van der Waals surface area contributed by atoms with Gasteiger partial charge in [0.05, 0.1) is 18.9 Å². The number of nitrogens with zero attached hydrogens (tertiary/aromatic N) is 3. The number of aromatic nitrogens is 2. The summed E-state index contributed by atoms with van der Waals surface area (Å²) in [6.45, 7) is 10.4. The Morgan fingerprint density at radius 3 is 2.95 bits per heavy atom. The van der Waals surface area contributed by atoms with Gasteiger partial charge in [-0.3, -0.25) is 9.58 Å². The summed E-state index contributed by atoms with van der Waals surface area (Å²) in [5, 5.41) is 8.14. The van der Waals surface area contributed by atoms with Crippen molar-refractivity contribution in [2.45, 2.75) is 32.9 Å². The highest BCUT2D eigenvalue weighted by Gasteiger charge is 2.18. The first kappa shape index (κ1) is 13.1. The molecule has 0 aliphatic carbocycles. The zero-order valence-electron chi connectivity index (χ0n) is 11.8. The van der Waals surface area contributed by atoms with E-state index in [0.717, 1.165) is 58.9 Å². The van der Waals surface area contributed by atoms with E-state index in [2.05, 4.69) is 21.8 Å². The molecule has 2 aliphatic rings. The number of nitrogens with one attached hydrogen (secondary N) is 1. The van der Waals surface area contributed by atoms with E-state index in [4.69, 9.17) is 9.84 Å². The summed E-state index contributed by atoms with van der Waals surface area (Å²) in [5.41, 5.74) is 4.09. The Balaban J connectivity index is 1.55. The molecule has 5 nitrogen and oxygen atoms in total. The Morgan fingerprint density at radius 2 is 2.11 bits per heavy atom. The first-order valence-electron chi connectivity index (χ1n) is 7.40. The van der Waals surface area contributed by atoms with Gasteiger partial charge in [0.1, 0.15) is 0 Å². The van der Waals surface area contributed by atoms with Crippen molar-refractivity contribution >= 4 is 0 Å². The van der Waals surface area contributed by atoms with E-state index in [9.17, 15) is 0 Å². The fourth-order valence-corrected chi connectivity index (χ4v) is 3.05. The Bertz CT molecular complexity index is 423. The summed E-state index contributed by atoms with van der Waals surface area (Å²) in [4.78, 5) is 2.49. The molecule has 1 N–H and O–H groups in total. The smallest absolute Gasteiger partial charge is 0.0641 e. The molecule has 0 unspecified atom stereocenters. The number of rotatable bonds is 4. The minimum Gasteiger partial charge on any atom is -0.379 e. The van der Waals surface area contributed by atoms with Crippen LogP contribution in [-0.2, 0) is 24.2 Å². The minimum absolute atomic E-state index is 0.891. The monoisotopic (exact) mass is 264 g/mol. The van der Waals surface area contributed by atoms with Gasteiger partial charge in [-0.15, -0.1) is 0 Å². The molecular weight excluding hydrogens is 240 g/mol. The van der Waals surface area contributed by atoms with Crippen LogP contribution in [0.2, 0.25) is 0 Å². The molecule has 3 rings (SSSR count). The lowest BCUT2D eigenvalue weighted by Gasteiger charge is -2.26. The van der Waals surface area contributed by atoms with Crippen LogP contribution in [0.5, 0.6) is 0 Å². The standard InChI is InChI=1S/C14H24N4O/c1-12-13-11-15-4-3-14(13)18(16-12)6-2-5-17-7-9-19-10-8-17/h15H,2-11H2,1H3. The maximum Gasteiger partial charge on any atom is 0.0641 e. The second-order valence-corrected chi connectivity index (χ2v) is 5.47. The van der Waals surface area contributed by atoms with E-state index < -0.39 is 0 Å². The SMILES string of the molecule is Cc1nn(CCCN2CCOCC2)c2c1CNCC2. The van der Waals surface area contributed by atoms with Crippen LogP contribution in [0.3, 0.4) is 0 Å². The van der Waals surface area contributed by atoms with Crippen LogP contribution in [0.15, 0.2) is 0 Å². The van der Waals surface area contributed by atoms with Gasteiger partial charge in [-0.1, -0.05) is 0 Å². The fraction of sp³-hybridized carbons (Fsp3) is 0.786. The van der Waals surface area contributed by atoms with Gasteiger partial charge in [0, 0.05) is 56.9 Å². The Kier molecular flexibility index (Phi) is 4.15. The summed E-state index contributed by atoms with van der Waals surface area (Å²) in [7, 11) is 0. The van der Waals surface area contributed by atoms with Gasteiger partial charge in [0.15, 0.2) is 0 Å². The van der Waals surface area contributed by atoms with Crippen LogP contribution in [0.4, 0.5) is 0 Å². The first-order valence-corrected chi connectivity index (χ1v) is 7.40. The molecule has 3 heterocycles. The quantitative estimate of drug-likeness (QED) is 0.863. The van der Waals surface area contributed by atoms with E-state index in [1.165, 1.54) is 23.4 Å². The van der Waals surface area contributed by atoms with E-state index >= 15 is 0 Å². The molecule has 0 atom stereocenters. The molecule has 0 amide bonds. The van der Waals surface area contributed by atoms with Crippen LogP contribution in [0, 0.1) is 6.92 Å². The molecule has 0 aromatic carbocycles. The third kappa shape index (κ3) is 2.99. The van der Waals surface area contributed by atoms with Gasteiger partial charge in [-0.25, -0.2) is 0 Å². The summed E-state index contributed by atoms with van der Waals surface area (Å²) < 4.78 is 7.62. The van der Waals surface area contributed by atoms with Crippen LogP contribution in [0.1, 0.15) is 23.4 Å². The summed E-state index contributed by atoms with van der Waals surface area (Å²) >= 11 is 0. The second-order valence-electron chi connectivity index (χ2n) is 5.47. The molecule has 106 valence electrons. The van der Waals surface area contributed by atoms with Crippen molar-refractivity contribution in [3.05, 3.63) is 17.0 Å². The lowest BCUT2D eigenvalue weighted by atomic mass is 10.1. The number of hydrogen-bond donors (Lipinski definition) is 1. The average Bonchev–Trinajstić information content (AvgIpc) is 2.78. The van der Waals surface area contributed by atoms with Crippen molar-refractivity contribution in [2.75, 3.05) is 39.4 Å². The third-order valence-corrected chi connectivity index (χ3v) is 4.16. The van der Waals surface area contributed by atoms with Crippen molar-refractivity contribution < 1.29 is 4.74 Å². The Labute approximate surface area is 114 Å². The molecule has 5 heteroatoms. The molecule has 0 radical (unpaired) electrons. The first-order chi connectivity index (χ1) is 9.34. The predicted molar refractivity (Wildman–Crippen MR) is 74.3 cm³/mol. The van der Waals surface area contributed by atoms with Gasteiger partial charge >= 0.3 is 0 Å². The third-order valence-electron chi connectivity index (χ3n) is 4.16. The highest BCUT2D eigenvalue weighted by Crippen LogP contribution is 2.17. The number of hydrogen-bond acceptors (Lipinski definition) is 4. The zero-order valence-corrected chi connectivity index (χ0v) is 11.8. The number of fused-ring (bicyclic) bond motifs is 1. The molecule has 1 aromatic heterocycles. The highest BCUT2D eigenvalue weighted by molar-refractivity contribution is 5.27. The summed E-state index contributed by atoms with van der Waals surface area (Å²) in [6, 6.07) is 0. The molecule has 0 spiro atoms. The Morgan fingerprint density at radius 1 is 1.26 bits per heavy atom. The van der Waals surface area contributed by atoms with Gasteiger partial charge < -0.3 is 10.1 Å². The van der Waals surface area contributed by atoms with Crippen molar-refractivity contribution in [1.29, 1.82) is 0 Å². The Hall–Kier alpha value is -0.910. The van der Waals surface area contributed by atoms with Crippen LogP contribution < -0.4 is 5.32 Å². The maximum atomic E-state index is 5.38. The summed E-state index contributed by atoms with van der Waals surface area (Å²) in [5.74, 6) is 0. The number of aryl methyl sites for hydroxylation is 2. The highest BCUT2D eigenvalue weighted by atomic mass is 16.5. The van der Waals surface area contributed by atoms with Crippen LogP contribution >= 0.6 is 0 Å². The van der Waals surface area contributed by atoms with E-state index in [0.29, 0.717) is 0 Å². The maximum absolute atomic E-state index is 5.38. The van der Waals surface area contributed by atoms with E-state index in [1.54, 1.807) is 0 Å². The van der Waals surface area contributed by atoms with Gasteiger partial charge in [0.2, 0.25) is 0 Å². The molecule has 2 aliphatic heterocycles. The molecule has 1 aromatic rings. The molecule has 0 saturated carbocycles. The second kappa shape index (κ2) is 6.03. The molecule has 1 fully saturated rings. The lowest BCUT2D eigenvalue weighted by Crippen LogP contribution is -2.37. The molecule has 0 bridgehead atoms. The van der Waals surface area contributed by atoms with Crippen molar-refractivity contribution in [3.8, 4) is 0 Å². The minimum atomic E-state index is 0.891. The van der Waals surface area contributed by atoms with Gasteiger partial charge in [-0.2, -0.15) is 5.10 Å². The predicted octanol–water partition coefficient (Wildman–Crippen LogP) is 0.560. The summed E-state index contributed by atoms with van der Waals surface area (Å²) in [6.07, 6.45) is 2.30. The topological polar surface area (TPSA) is 42.3 Å². The van der Waals surface area contributed by atoms with Crippen molar-refractivity contribution in [2.24, 2.45) is 0 Å². The normalized spacial score (nSPS) is 20.5. The molecular formula is C14H24N4O. The number of morpholine rings is 1. The van der Waals surface area contributed by atoms with Gasteiger partial charge in [-0.05, 0) is 13.3 Å². The van der Waals surface area contributed by atoms with E-state index in [1.807, 2.05) is 0 Å². The molecule has 1 saturated heterocycles. The lowest BCUT2D eigenvalue weighted by molar-refractivity contribution is 0.0368. The van der Waals surface area contributed by atoms with Crippen molar-refractivity contribution in [3.63, 3.8) is 0 Å². The van der Waals surface area contributed by atoms with Crippen LogP contribution in [0.25, 0.3) is 0 Å². The largest absolute Gasteiger partial charge is 0.379 e. The van der Waals surface area contributed by atoms with Crippen LogP contribution in [-0.4, -0.2) is 54.1 Å². The fourth-order valence-electron chi connectivity index (χ4n) is 3.05. The van der Waals surface area contributed by atoms with Gasteiger partial charge in [0.25, 0.3) is 0 Å². The van der Waals surface area contributed by atoms with E-state index in [-0.39, 0.29) is 0 Å². The van der Waals surface area contributed by atoms with Crippen molar-refractivity contribution in [1.82, 2.24) is 20.0 Å².